The Bertz CT molecular complexity index is 461. The van der Waals surface area contributed by atoms with Gasteiger partial charge in [0.25, 0.3) is 0 Å². The van der Waals surface area contributed by atoms with Gasteiger partial charge >= 0.3 is 0 Å². The first-order valence-corrected chi connectivity index (χ1v) is 7.90. The SMILES string of the molecule is CCCc1ccc(NC(=O)C(C)(C)N2CCNCC2)cc1. The molecule has 0 atom stereocenters. The summed E-state index contributed by atoms with van der Waals surface area (Å²) in [4.78, 5) is 14.8. The second-order valence-electron chi connectivity index (χ2n) is 6.20. The zero-order chi connectivity index (χ0) is 15.3. The molecule has 2 N–H and O–H groups in total. The Kier molecular flexibility index (Phi) is 5.37. The first-order chi connectivity index (χ1) is 10.0. The summed E-state index contributed by atoms with van der Waals surface area (Å²) in [6.45, 7) is 9.89. The lowest BCUT2D eigenvalue weighted by Crippen LogP contribution is -2.58. The topological polar surface area (TPSA) is 44.4 Å². The fourth-order valence-electron chi connectivity index (χ4n) is 2.69. The van der Waals surface area contributed by atoms with Gasteiger partial charge in [0.2, 0.25) is 5.91 Å². The molecule has 0 radical (unpaired) electrons. The minimum Gasteiger partial charge on any atom is -0.324 e. The summed E-state index contributed by atoms with van der Waals surface area (Å²) in [5, 5.41) is 6.37. The number of nitrogens with zero attached hydrogens (tertiary/aromatic N) is 1. The zero-order valence-electron chi connectivity index (χ0n) is 13.4. The van der Waals surface area contributed by atoms with Crippen molar-refractivity contribution in [2.75, 3.05) is 31.5 Å². The van der Waals surface area contributed by atoms with Gasteiger partial charge < -0.3 is 10.6 Å². The van der Waals surface area contributed by atoms with E-state index in [1.54, 1.807) is 0 Å². The van der Waals surface area contributed by atoms with Gasteiger partial charge in [0.15, 0.2) is 0 Å². The van der Waals surface area contributed by atoms with Gasteiger partial charge in [0.05, 0.1) is 5.54 Å². The molecule has 0 saturated carbocycles. The van der Waals surface area contributed by atoms with E-state index in [0.717, 1.165) is 44.7 Å². The number of aryl methyl sites for hydroxylation is 1. The van der Waals surface area contributed by atoms with Crippen LogP contribution in [0.5, 0.6) is 0 Å². The first-order valence-electron chi connectivity index (χ1n) is 7.90. The van der Waals surface area contributed by atoms with Gasteiger partial charge in [-0.15, -0.1) is 0 Å². The van der Waals surface area contributed by atoms with E-state index in [1.165, 1.54) is 5.56 Å². The van der Waals surface area contributed by atoms with E-state index in [1.807, 2.05) is 26.0 Å². The molecule has 1 heterocycles. The summed E-state index contributed by atoms with van der Waals surface area (Å²) in [7, 11) is 0. The molecule has 0 spiro atoms. The van der Waals surface area contributed by atoms with Crippen LogP contribution in [0, 0.1) is 0 Å². The van der Waals surface area contributed by atoms with Crippen molar-refractivity contribution in [2.45, 2.75) is 39.2 Å². The van der Waals surface area contributed by atoms with Gasteiger partial charge in [-0.1, -0.05) is 25.5 Å². The van der Waals surface area contributed by atoms with Crippen LogP contribution in [-0.2, 0) is 11.2 Å². The standard InChI is InChI=1S/C17H27N3O/c1-4-5-14-6-8-15(9-7-14)19-16(21)17(2,3)20-12-10-18-11-13-20/h6-9,18H,4-5,10-13H2,1-3H3,(H,19,21). The fourth-order valence-corrected chi connectivity index (χ4v) is 2.69. The highest BCUT2D eigenvalue weighted by Crippen LogP contribution is 2.19. The number of rotatable bonds is 5. The third kappa shape index (κ3) is 4.05. The van der Waals surface area contributed by atoms with Crippen molar-refractivity contribution >= 4 is 11.6 Å². The van der Waals surface area contributed by atoms with Crippen molar-refractivity contribution in [1.82, 2.24) is 10.2 Å². The van der Waals surface area contributed by atoms with Gasteiger partial charge in [-0.3, -0.25) is 9.69 Å². The van der Waals surface area contributed by atoms with Gasteiger partial charge in [-0.2, -0.15) is 0 Å². The minimum absolute atomic E-state index is 0.0626. The van der Waals surface area contributed by atoms with E-state index >= 15 is 0 Å². The summed E-state index contributed by atoms with van der Waals surface area (Å²) < 4.78 is 0. The Morgan fingerprint density at radius 1 is 1.24 bits per heavy atom. The Labute approximate surface area is 127 Å². The van der Waals surface area contributed by atoms with E-state index in [0.29, 0.717) is 0 Å². The van der Waals surface area contributed by atoms with Crippen LogP contribution in [0.1, 0.15) is 32.8 Å². The summed E-state index contributed by atoms with van der Waals surface area (Å²) in [5.41, 5.74) is 1.71. The van der Waals surface area contributed by atoms with E-state index < -0.39 is 5.54 Å². The van der Waals surface area contributed by atoms with Crippen molar-refractivity contribution in [3.05, 3.63) is 29.8 Å². The van der Waals surface area contributed by atoms with Gasteiger partial charge in [0.1, 0.15) is 0 Å². The number of piperazine rings is 1. The second kappa shape index (κ2) is 7.05. The first kappa shape index (κ1) is 16.0. The Morgan fingerprint density at radius 2 is 1.86 bits per heavy atom. The summed E-state index contributed by atoms with van der Waals surface area (Å²) in [5.74, 6) is 0.0626. The molecule has 116 valence electrons. The van der Waals surface area contributed by atoms with Crippen LogP contribution in [0.2, 0.25) is 0 Å². The zero-order valence-corrected chi connectivity index (χ0v) is 13.4. The Morgan fingerprint density at radius 3 is 2.43 bits per heavy atom. The van der Waals surface area contributed by atoms with Gasteiger partial charge in [-0.05, 0) is 38.0 Å². The average Bonchev–Trinajstić information content (AvgIpc) is 2.50. The molecule has 0 aliphatic carbocycles. The highest BCUT2D eigenvalue weighted by atomic mass is 16.2. The number of nitrogens with one attached hydrogen (secondary N) is 2. The molecule has 1 aromatic carbocycles. The maximum Gasteiger partial charge on any atom is 0.244 e. The molecular formula is C17H27N3O. The highest BCUT2D eigenvalue weighted by molar-refractivity contribution is 5.97. The molecule has 1 fully saturated rings. The number of benzene rings is 1. The smallest absolute Gasteiger partial charge is 0.244 e. The lowest BCUT2D eigenvalue weighted by molar-refractivity contribution is -0.126. The van der Waals surface area contributed by atoms with Crippen molar-refractivity contribution in [2.24, 2.45) is 0 Å². The third-order valence-corrected chi connectivity index (χ3v) is 4.21. The highest BCUT2D eigenvalue weighted by Gasteiger charge is 2.35. The van der Waals surface area contributed by atoms with Crippen LogP contribution in [0.25, 0.3) is 0 Å². The lowest BCUT2D eigenvalue weighted by Gasteiger charge is -2.39. The molecule has 4 nitrogen and oxygen atoms in total. The number of amides is 1. The summed E-state index contributed by atoms with van der Waals surface area (Å²) in [6, 6.07) is 8.18. The molecular weight excluding hydrogens is 262 g/mol. The Balaban J connectivity index is 1.98. The molecule has 0 bridgehead atoms. The Hall–Kier alpha value is -1.39. The number of carbonyl (C=O) groups is 1. The van der Waals surface area contributed by atoms with Crippen LogP contribution in [-0.4, -0.2) is 42.5 Å². The predicted octanol–water partition coefficient (Wildman–Crippen LogP) is 2.26. The van der Waals surface area contributed by atoms with Crippen molar-refractivity contribution in [3.8, 4) is 0 Å². The van der Waals surface area contributed by atoms with Gasteiger partial charge in [0, 0.05) is 31.9 Å². The number of hydrogen-bond acceptors (Lipinski definition) is 3. The monoisotopic (exact) mass is 289 g/mol. The normalized spacial score (nSPS) is 16.7. The van der Waals surface area contributed by atoms with Crippen LogP contribution < -0.4 is 10.6 Å². The van der Waals surface area contributed by atoms with Crippen molar-refractivity contribution in [3.63, 3.8) is 0 Å². The van der Waals surface area contributed by atoms with Crippen LogP contribution in [0.4, 0.5) is 5.69 Å². The van der Waals surface area contributed by atoms with E-state index in [4.69, 9.17) is 0 Å². The van der Waals surface area contributed by atoms with Crippen LogP contribution in [0.3, 0.4) is 0 Å². The maximum atomic E-state index is 12.6. The molecule has 1 aliphatic heterocycles. The molecule has 0 unspecified atom stereocenters. The molecule has 1 amide bonds. The third-order valence-electron chi connectivity index (χ3n) is 4.21. The molecule has 4 heteroatoms. The molecule has 1 aromatic rings. The second-order valence-corrected chi connectivity index (χ2v) is 6.20. The van der Waals surface area contributed by atoms with E-state index in [9.17, 15) is 4.79 Å². The van der Waals surface area contributed by atoms with Crippen molar-refractivity contribution in [1.29, 1.82) is 0 Å². The number of carbonyl (C=O) groups excluding carboxylic acids is 1. The average molecular weight is 289 g/mol. The minimum atomic E-state index is -0.482. The quantitative estimate of drug-likeness (QED) is 0.874. The van der Waals surface area contributed by atoms with E-state index in [2.05, 4.69) is 34.6 Å². The van der Waals surface area contributed by atoms with Gasteiger partial charge in [-0.25, -0.2) is 0 Å². The summed E-state index contributed by atoms with van der Waals surface area (Å²) >= 11 is 0. The number of hydrogen-bond donors (Lipinski definition) is 2. The molecule has 21 heavy (non-hydrogen) atoms. The van der Waals surface area contributed by atoms with Crippen LogP contribution in [0.15, 0.2) is 24.3 Å². The fraction of sp³-hybridized carbons (Fsp3) is 0.588. The summed E-state index contributed by atoms with van der Waals surface area (Å²) in [6.07, 6.45) is 2.22. The molecule has 2 rings (SSSR count). The lowest BCUT2D eigenvalue weighted by atomic mass is 10.00. The largest absolute Gasteiger partial charge is 0.324 e. The molecule has 0 aromatic heterocycles. The van der Waals surface area contributed by atoms with Crippen LogP contribution >= 0.6 is 0 Å². The molecule has 1 aliphatic rings. The predicted molar refractivity (Wildman–Crippen MR) is 87.6 cm³/mol. The van der Waals surface area contributed by atoms with Crippen molar-refractivity contribution < 1.29 is 4.79 Å². The van der Waals surface area contributed by atoms with E-state index in [-0.39, 0.29) is 5.91 Å². The molecule has 1 saturated heterocycles. The number of anilines is 1. The maximum absolute atomic E-state index is 12.6.